The number of aliphatic hydroxyl groups is 1. The van der Waals surface area contributed by atoms with Crippen molar-refractivity contribution in [2.24, 2.45) is 12.5 Å². The Hall–Kier alpha value is -3.30. The lowest BCUT2D eigenvalue weighted by molar-refractivity contribution is 0.0117. The first-order valence-electron chi connectivity index (χ1n) is 11.3. The smallest absolute Gasteiger partial charge is 0.251 e. The molecule has 1 saturated carbocycles. The number of aryl methyl sites for hydroxylation is 1. The van der Waals surface area contributed by atoms with Crippen molar-refractivity contribution in [1.82, 2.24) is 24.5 Å². The Labute approximate surface area is 205 Å². The number of aromatic nitrogens is 4. The van der Waals surface area contributed by atoms with Crippen LogP contribution in [0.4, 0.5) is 8.78 Å². The average Bonchev–Trinajstić information content (AvgIpc) is 3.33. The molecule has 1 amide bonds. The van der Waals surface area contributed by atoms with Crippen LogP contribution in [-0.2, 0) is 7.05 Å². The van der Waals surface area contributed by atoms with Crippen molar-refractivity contribution in [3.63, 3.8) is 0 Å². The van der Waals surface area contributed by atoms with Crippen molar-refractivity contribution in [2.45, 2.75) is 32.2 Å². The van der Waals surface area contributed by atoms with E-state index in [4.69, 9.17) is 11.6 Å². The van der Waals surface area contributed by atoms with E-state index in [0.29, 0.717) is 11.2 Å². The van der Waals surface area contributed by atoms with Gasteiger partial charge in [-0.1, -0.05) is 30.7 Å². The highest BCUT2D eigenvalue weighted by molar-refractivity contribution is 6.32. The van der Waals surface area contributed by atoms with Gasteiger partial charge in [0.25, 0.3) is 5.91 Å². The number of aliphatic hydroxyl groups excluding tert-OH is 1. The van der Waals surface area contributed by atoms with Crippen LogP contribution >= 0.6 is 11.6 Å². The van der Waals surface area contributed by atoms with Crippen LogP contribution in [-0.4, -0.2) is 42.8 Å². The van der Waals surface area contributed by atoms with Gasteiger partial charge in [0, 0.05) is 48.8 Å². The molecular weight excluding hydrogens is 476 g/mol. The van der Waals surface area contributed by atoms with Crippen LogP contribution in [0.25, 0.3) is 28.0 Å². The molecule has 7 nitrogen and oxygen atoms in total. The molecule has 3 aromatic heterocycles. The minimum absolute atomic E-state index is 0.0000662. The van der Waals surface area contributed by atoms with Crippen LogP contribution in [0.3, 0.4) is 0 Å². The van der Waals surface area contributed by atoms with Crippen molar-refractivity contribution < 1.29 is 18.7 Å². The van der Waals surface area contributed by atoms with Gasteiger partial charge in [-0.05, 0) is 42.9 Å². The van der Waals surface area contributed by atoms with Gasteiger partial charge in [0.15, 0.2) is 0 Å². The standard InChI is InChI=1S/C25H24ClF2N5O2/c1-3-25(13-34)10-15(11-25)29-24(35)14-7-8-33-19(9-14)30-21(22(33)26)20-16(5-4-6-18(20)27)17-12-32(2)31-23(17)28/h4-9,12,15,34H,3,10-11,13H2,1-2H3,(H,29,35). The lowest BCUT2D eigenvalue weighted by Gasteiger charge is -2.46. The molecule has 1 aromatic carbocycles. The number of carbonyl (C=O) groups is 1. The first kappa shape index (κ1) is 23.4. The van der Waals surface area contributed by atoms with Crippen molar-refractivity contribution in [1.29, 1.82) is 0 Å². The van der Waals surface area contributed by atoms with E-state index in [-0.39, 0.29) is 51.5 Å². The van der Waals surface area contributed by atoms with Gasteiger partial charge in [-0.15, -0.1) is 5.10 Å². The summed E-state index contributed by atoms with van der Waals surface area (Å²) in [6, 6.07) is 7.51. The topological polar surface area (TPSA) is 84.5 Å². The van der Waals surface area contributed by atoms with Crippen LogP contribution in [0.5, 0.6) is 0 Å². The van der Waals surface area contributed by atoms with Gasteiger partial charge >= 0.3 is 0 Å². The maximum Gasteiger partial charge on any atom is 0.251 e. The molecule has 1 fully saturated rings. The summed E-state index contributed by atoms with van der Waals surface area (Å²) in [6.45, 7) is 2.14. The maximum atomic E-state index is 15.0. The van der Waals surface area contributed by atoms with Crippen LogP contribution in [0.15, 0.2) is 42.7 Å². The van der Waals surface area contributed by atoms with Crippen LogP contribution in [0.1, 0.15) is 36.5 Å². The lowest BCUT2D eigenvalue weighted by Crippen LogP contribution is -2.52. The SMILES string of the molecule is CCC1(CO)CC(NC(=O)c2ccn3c(Cl)c(-c4c(F)cccc4-c4cn(C)nc4F)nc3c2)C1. The first-order chi connectivity index (χ1) is 16.7. The molecule has 4 aromatic rings. The van der Waals surface area contributed by atoms with Crippen molar-refractivity contribution >= 4 is 23.2 Å². The number of benzene rings is 1. The van der Waals surface area contributed by atoms with Crippen LogP contribution in [0, 0.1) is 17.2 Å². The minimum Gasteiger partial charge on any atom is -0.396 e. The summed E-state index contributed by atoms with van der Waals surface area (Å²) in [6.07, 6.45) is 5.38. The summed E-state index contributed by atoms with van der Waals surface area (Å²) in [4.78, 5) is 17.3. The number of halogens is 3. The zero-order valence-electron chi connectivity index (χ0n) is 19.2. The number of amides is 1. The van der Waals surface area contributed by atoms with Crippen molar-refractivity contribution in [3.8, 4) is 22.4 Å². The zero-order valence-corrected chi connectivity index (χ0v) is 20.0. The third-order valence-electron chi connectivity index (χ3n) is 6.93. The van der Waals surface area contributed by atoms with Crippen molar-refractivity contribution in [3.05, 3.63) is 65.2 Å². The summed E-state index contributed by atoms with van der Waals surface area (Å²) in [5.74, 6) is -1.60. The second-order valence-electron chi connectivity index (χ2n) is 9.15. The van der Waals surface area contributed by atoms with Gasteiger partial charge in [0.2, 0.25) is 5.95 Å². The summed E-state index contributed by atoms with van der Waals surface area (Å²) in [7, 11) is 1.58. The van der Waals surface area contributed by atoms with E-state index in [1.165, 1.54) is 23.0 Å². The molecule has 0 unspecified atom stereocenters. The van der Waals surface area contributed by atoms with E-state index in [9.17, 15) is 14.3 Å². The fraction of sp³-hybridized carbons (Fsp3) is 0.320. The number of pyridine rings is 1. The quantitative estimate of drug-likeness (QED) is 0.405. The Morgan fingerprint density at radius 2 is 2.06 bits per heavy atom. The number of nitrogens with zero attached hydrogens (tertiary/aromatic N) is 4. The second-order valence-corrected chi connectivity index (χ2v) is 9.51. The average molecular weight is 500 g/mol. The Morgan fingerprint density at radius 1 is 1.29 bits per heavy atom. The highest BCUT2D eigenvalue weighted by Crippen LogP contribution is 2.43. The molecule has 0 bridgehead atoms. The summed E-state index contributed by atoms with van der Waals surface area (Å²) >= 11 is 6.57. The van der Waals surface area contributed by atoms with Crippen LogP contribution in [0.2, 0.25) is 5.15 Å². The van der Waals surface area contributed by atoms with Crippen molar-refractivity contribution in [2.75, 3.05) is 6.61 Å². The fourth-order valence-corrected chi connectivity index (χ4v) is 5.11. The fourth-order valence-electron chi connectivity index (χ4n) is 4.83. The van der Waals surface area contributed by atoms with E-state index in [2.05, 4.69) is 15.4 Å². The van der Waals surface area contributed by atoms with E-state index in [1.807, 2.05) is 6.92 Å². The number of carbonyl (C=O) groups excluding carboxylic acids is 1. The normalized spacial score (nSPS) is 19.7. The molecule has 5 rings (SSSR count). The van der Waals surface area contributed by atoms with Gasteiger partial charge in [-0.25, -0.2) is 9.37 Å². The molecule has 3 heterocycles. The molecule has 2 N–H and O–H groups in total. The molecule has 1 aliphatic rings. The Bertz CT molecular complexity index is 1440. The number of rotatable bonds is 6. The van der Waals surface area contributed by atoms with Gasteiger partial charge < -0.3 is 10.4 Å². The lowest BCUT2D eigenvalue weighted by atomic mass is 9.64. The Morgan fingerprint density at radius 3 is 2.71 bits per heavy atom. The van der Waals surface area contributed by atoms with E-state index in [1.54, 1.807) is 35.8 Å². The van der Waals surface area contributed by atoms with Gasteiger partial charge in [-0.3, -0.25) is 13.9 Å². The number of fused-ring (bicyclic) bond motifs is 1. The molecular formula is C25H24ClF2N5O2. The number of imidazole rings is 1. The zero-order chi connectivity index (χ0) is 24.9. The third-order valence-corrected chi connectivity index (χ3v) is 7.29. The highest BCUT2D eigenvalue weighted by Gasteiger charge is 2.42. The minimum atomic E-state index is -0.734. The van der Waals surface area contributed by atoms with E-state index >= 15 is 4.39 Å². The summed E-state index contributed by atoms with van der Waals surface area (Å²) in [5.41, 5.74) is 1.21. The number of nitrogens with one attached hydrogen (secondary N) is 1. The third kappa shape index (κ3) is 3.98. The molecule has 0 saturated heterocycles. The van der Waals surface area contributed by atoms with Gasteiger partial charge in [-0.2, -0.15) is 4.39 Å². The monoisotopic (exact) mass is 499 g/mol. The van der Waals surface area contributed by atoms with Crippen LogP contribution < -0.4 is 5.32 Å². The molecule has 0 spiro atoms. The molecule has 10 heteroatoms. The second kappa shape index (κ2) is 8.73. The van der Waals surface area contributed by atoms with Gasteiger partial charge in [0.1, 0.15) is 22.3 Å². The first-order valence-corrected chi connectivity index (χ1v) is 11.7. The molecule has 0 atom stereocenters. The van der Waals surface area contributed by atoms with Gasteiger partial charge in [0.05, 0.1) is 5.56 Å². The Kier molecular flexibility index (Phi) is 5.85. The molecule has 182 valence electrons. The van der Waals surface area contributed by atoms with E-state index in [0.717, 1.165) is 19.3 Å². The maximum absolute atomic E-state index is 15.0. The highest BCUT2D eigenvalue weighted by atomic mass is 35.5. The summed E-state index contributed by atoms with van der Waals surface area (Å²) in [5, 5.41) is 16.4. The van der Waals surface area contributed by atoms with E-state index < -0.39 is 11.8 Å². The Balaban J connectivity index is 1.49. The largest absolute Gasteiger partial charge is 0.396 e. The molecule has 0 aliphatic heterocycles. The molecule has 0 radical (unpaired) electrons. The predicted octanol–water partition coefficient (Wildman–Crippen LogP) is 4.61. The molecule has 35 heavy (non-hydrogen) atoms. The number of hydrogen-bond donors (Lipinski definition) is 2. The molecule has 1 aliphatic carbocycles. The summed E-state index contributed by atoms with van der Waals surface area (Å²) < 4.78 is 32.3. The predicted molar refractivity (Wildman–Crippen MR) is 128 cm³/mol. The number of hydrogen-bond acceptors (Lipinski definition) is 4.